The van der Waals surface area contributed by atoms with Gasteiger partial charge in [-0.1, -0.05) is 23.7 Å². The lowest BCUT2D eigenvalue weighted by Crippen LogP contribution is -2.40. The van der Waals surface area contributed by atoms with Gasteiger partial charge in [-0.05, 0) is 37.0 Å². The van der Waals surface area contributed by atoms with Crippen LogP contribution in [0, 0.1) is 0 Å². The highest BCUT2D eigenvalue weighted by Gasteiger charge is 2.37. The molecule has 0 saturated heterocycles. The van der Waals surface area contributed by atoms with Gasteiger partial charge in [-0.25, -0.2) is 4.79 Å². The molecule has 0 saturated carbocycles. The molecule has 0 fully saturated rings. The Balaban J connectivity index is 2.55. The van der Waals surface area contributed by atoms with E-state index in [2.05, 4.69) is 0 Å². The van der Waals surface area contributed by atoms with Crippen molar-refractivity contribution in [2.24, 2.45) is 0 Å². The summed E-state index contributed by atoms with van der Waals surface area (Å²) in [6.07, 6.45) is 0.00427. The van der Waals surface area contributed by atoms with E-state index in [0.717, 1.165) is 5.56 Å². The molecule has 3 N–H and O–H groups in total. The Morgan fingerprint density at radius 1 is 1.16 bits per heavy atom. The molecule has 19 heavy (non-hydrogen) atoms. The first-order chi connectivity index (χ1) is 8.83. The SMILES string of the molecule is O=C(O)C[C@](O)(CCCc1ccc(Cl)cc1)C(=O)O. The van der Waals surface area contributed by atoms with E-state index in [4.69, 9.17) is 21.8 Å². The summed E-state index contributed by atoms with van der Waals surface area (Å²) >= 11 is 5.73. The molecule has 0 radical (unpaired) electrons. The predicted octanol–water partition coefficient (Wildman–Crippen LogP) is 1.95. The summed E-state index contributed by atoms with van der Waals surface area (Å²) in [5.74, 6) is -2.85. The van der Waals surface area contributed by atoms with Gasteiger partial charge in [0.05, 0.1) is 6.42 Å². The van der Waals surface area contributed by atoms with Gasteiger partial charge < -0.3 is 15.3 Å². The van der Waals surface area contributed by atoms with Crippen LogP contribution in [-0.4, -0.2) is 32.9 Å². The molecule has 1 aromatic rings. The third kappa shape index (κ3) is 4.89. The number of carboxylic acid groups (broad SMARTS) is 2. The Hall–Kier alpha value is -1.59. The molecule has 104 valence electrons. The quantitative estimate of drug-likeness (QED) is 0.712. The zero-order valence-corrected chi connectivity index (χ0v) is 10.9. The van der Waals surface area contributed by atoms with E-state index in [9.17, 15) is 14.7 Å². The van der Waals surface area contributed by atoms with Crippen LogP contribution in [0.2, 0.25) is 5.02 Å². The highest BCUT2D eigenvalue weighted by atomic mass is 35.5. The third-order valence-electron chi connectivity index (χ3n) is 2.81. The number of hydrogen-bond acceptors (Lipinski definition) is 3. The second-order valence-electron chi connectivity index (χ2n) is 4.39. The van der Waals surface area contributed by atoms with Gasteiger partial charge in [-0.2, -0.15) is 0 Å². The van der Waals surface area contributed by atoms with Crippen molar-refractivity contribution in [2.45, 2.75) is 31.3 Å². The molecule has 0 bridgehead atoms. The van der Waals surface area contributed by atoms with Gasteiger partial charge in [-0.3, -0.25) is 4.79 Å². The first-order valence-electron chi connectivity index (χ1n) is 5.75. The average Bonchev–Trinajstić information content (AvgIpc) is 2.30. The minimum absolute atomic E-state index is 0.114. The van der Waals surface area contributed by atoms with Crippen molar-refractivity contribution in [3.63, 3.8) is 0 Å². The van der Waals surface area contributed by atoms with Crippen LogP contribution in [0.25, 0.3) is 0 Å². The fourth-order valence-corrected chi connectivity index (χ4v) is 1.88. The Morgan fingerprint density at radius 2 is 1.74 bits per heavy atom. The standard InChI is InChI=1S/C13H15ClO5/c14-10-5-3-9(4-6-10)2-1-7-13(19,12(17)18)8-11(15)16/h3-6,19H,1-2,7-8H2,(H,15,16)(H,17,18)/t13-/m1/s1. The number of rotatable bonds is 7. The number of carboxylic acids is 2. The van der Waals surface area contributed by atoms with Crippen molar-refractivity contribution in [2.75, 3.05) is 0 Å². The van der Waals surface area contributed by atoms with Crippen LogP contribution in [0.5, 0.6) is 0 Å². The molecule has 1 aromatic carbocycles. The number of hydrogen-bond donors (Lipinski definition) is 3. The van der Waals surface area contributed by atoms with E-state index in [0.29, 0.717) is 17.9 Å². The van der Waals surface area contributed by atoms with Crippen LogP contribution >= 0.6 is 11.6 Å². The Kier molecular flexibility index (Phi) is 5.32. The molecule has 0 aliphatic carbocycles. The van der Waals surface area contributed by atoms with E-state index in [1.54, 1.807) is 24.3 Å². The van der Waals surface area contributed by atoms with Gasteiger partial charge in [-0.15, -0.1) is 0 Å². The van der Waals surface area contributed by atoms with Gasteiger partial charge in [0.25, 0.3) is 0 Å². The van der Waals surface area contributed by atoms with E-state index >= 15 is 0 Å². The Bertz CT molecular complexity index is 457. The smallest absolute Gasteiger partial charge is 0.336 e. The third-order valence-corrected chi connectivity index (χ3v) is 3.06. The number of aliphatic hydroxyl groups is 1. The topological polar surface area (TPSA) is 94.8 Å². The molecule has 0 aromatic heterocycles. The monoisotopic (exact) mass is 286 g/mol. The molecule has 0 aliphatic heterocycles. The summed E-state index contributed by atoms with van der Waals surface area (Å²) in [5, 5.41) is 27.9. The van der Waals surface area contributed by atoms with Crippen LogP contribution < -0.4 is 0 Å². The minimum Gasteiger partial charge on any atom is -0.481 e. The van der Waals surface area contributed by atoms with Crippen LogP contribution in [0.1, 0.15) is 24.8 Å². The Labute approximate surface area is 115 Å². The van der Waals surface area contributed by atoms with Crippen molar-refractivity contribution in [1.82, 2.24) is 0 Å². The fourth-order valence-electron chi connectivity index (χ4n) is 1.76. The average molecular weight is 287 g/mol. The van der Waals surface area contributed by atoms with Crippen LogP contribution in [0.15, 0.2) is 24.3 Å². The van der Waals surface area contributed by atoms with Crippen LogP contribution in [0.3, 0.4) is 0 Å². The van der Waals surface area contributed by atoms with Gasteiger partial charge in [0.1, 0.15) is 0 Å². The van der Waals surface area contributed by atoms with E-state index < -0.39 is 24.0 Å². The lowest BCUT2D eigenvalue weighted by molar-refractivity contribution is -0.166. The molecule has 0 aliphatic rings. The number of carbonyl (C=O) groups is 2. The van der Waals surface area contributed by atoms with Crippen molar-refractivity contribution in [1.29, 1.82) is 0 Å². The summed E-state index contributed by atoms with van der Waals surface area (Å²) in [6, 6.07) is 7.05. The molecule has 5 nitrogen and oxygen atoms in total. The lowest BCUT2D eigenvalue weighted by atomic mass is 9.92. The van der Waals surface area contributed by atoms with E-state index in [1.807, 2.05) is 0 Å². The van der Waals surface area contributed by atoms with Crippen LogP contribution in [0.4, 0.5) is 0 Å². The van der Waals surface area contributed by atoms with E-state index in [-0.39, 0.29) is 6.42 Å². The second kappa shape index (κ2) is 6.54. The molecular weight excluding hydrogens is 272 g/mol. The van der Waals surface area contributed by atoms with Gasteiger partial charge in [0.2, 0.25) is 0 Å². The van der Waals surface area contributed by atoms with Gasteiger partial charge in [0.15, 0.2) is 5.60 Å². The highest BCUT2D eigenvalue weighted by molar-refractivity contribution is 6.30. The van der Waals surface area contributed by atoms with Gasteiger partial charge in [0, 0.05) is 5.02 Å². The molecule has 0 spiro atoms. The first-order valence-corrected chi connectivity index (χ1v) is 6.13. The predicted molar refractivity (Wildman–Crippen MR) is 69.2 cm³/mol. The second-order valence-corrected chi connectivity index (χ2v) is 4.82. The zero-order chi connectivity index (χ0) is 14.5. The largest absolute Gasteiger partial charge is 0.481 e. The summed E-state index contributed by atoms with van der Waals surface area (Å²) in [5.41, 5.74) is -1.26. The van der Waals surface area contributed by atoms with Crippen molar-refractivity contribution in [3.05, 3.63) is 34.9 Å². The molecule has 0 amide bonds. The summed E-state index contributed by atoms with van der Waals surface area (Å²) in [4.78, 5) is 21.5. The Morgan fingerprint density at radius 3 is 2.21 bits per heavy atom. The summed E-state index contributed by atoms with van der Waals surface area (Å²) < 4.78 is 0. The molecule has 0 heterocycles. The number of halogens is 1. The highest BCUT2D eigenvalue weighted by Crippen LogP contribution is 2.20. The molecule has 1 atom stereocenters. The summed E-state index contributed by atoms with van der Waals surface area (Å²) in [6.45, 7) is 0. The summed E-state index contributed by atoms with van der Waals surface area (Å²) in [7, 11) is 0. The minimum atomic E-state index is -2.21. The number of aliphatic carboxylic acids is 2. The molecular formula is C13H15ClO5. The van der Waals surface area contributed by atoms with Gasteiger partial charge >= 0.3 is 11.9 Å². The number of aryl methyl sites for hydroxylation is 1. The molecule has 1 rings (SSSR count). The van der Waals surface area contributed by atoms with Crippen molar-refractivity contribution in [3.8, 4) is 0 Å². The maximum Gasteiger partial charge on any atom is 0.336 e. The number of benzene rings is 1. The lowest BCUT2D eigenvalue weighted by Gasteiger charge is -2.21. The zero-order valence-electron chi connectivity index (χ0n) is 10.2. The normalized spacial score (nSPS) is 13.8. The maximum atomic E-state index is 10.9. The van der Waals surface area contributed by atoms with E-state index in [1.165, 1.54) is 0 Å². The molecule has 0 unspecified atom stereocenters. The molecule has 6 heteroatoms. The van der Waals surface area contributed by atoms with Crippen LogP contribution in [-0.2, 0) is 16.0 Å². The van der Waals surface area contributed by atoms with Crippen molar-refractivity contribution < 1.29 is 24.9 Å². The van der Waals surface area contributed by atoms with Crippen molar-refractivity contribution >= 4 is 23.5 Å². The fraction of sp³-hybridized carbons (Fsp3) is 0.385. The maximum absolute atomic E-state index is 10.9. The first kappa shape index (κ1) is 15.5.